The molecule has 0 spiro atoms. The molecule has 5 rings (SSSR count). The largest absolute Gasteiger partial charge is 0.330 e. The lowest BCUT2D eigenvalue weighted by molar-refractivity contribution is -0.790. The third-order valence-corrected chi connectivity index (χ3v) is 7.99. The van der Waals surface area contributed by atoms with Crippen LogP contribution in [0.3, 0.4) is 0 Å². The van der Waals surface area contributed by atoms with Crippen molar-refractivity contribution in [3.63, 3.8) is 0 Å². The second-order valence-electron chi connectivity index (χ2n) is 9.61. The Labute approximate surface area is 181 Å². The van der Waals surface area contributed by atoms with Gasteiger partial charge in [0.25, 0.3) is 10.2 Å². The molecule has 2 N–H and O–H groups in total. The molecule has 0 aliphatic heterocycles. The lowest BCUT2D eigenvalue weighted by Crippen LogP contribution is -2.58. The van der Waals surface area contributed by atoms with Crippen LogP contribution in [0.1, 0.15) is 56.1 Å². The summed E-state index contributed by atoms with van der Waals surface area (Å²) in [5.41, 5.74) is 9.04. The van der Waals surface area contributed by atoms with Gasteiger partial charge in [0.05, 0.1) is 0 Å². The fourth-order valence-corrected chi connectivity index (χ4v) is 6.93. The summed E-state index contributed by atoms with van der Waals surface area (Å²) >= 11 is 0. The van der Waals surface area contributed by atoms with Crippen LogP contribution in [0.25, 0.3) is 0 Å². The minimum Gasteiger partial charge on any atom is -0.330 e. The first-order valence-electron chi connectivity index (χ1n) is 11.3. The Hall–Kier alpha value is -2.42. The van der Waals surface area contributed by atoms with Gasteiger partial charge in [0, 0.05) is 12.0 Å². The summed E-state index contributed by atoms with van der Waals surface area (Å²) in [5.74, 6) is 3.10. The maximum atomic E-state index is 10.6. The molecule has 4 saturated carbocycles. The van der Waals surface area contributed by atoms with Gasteiger partial charge in [0.2, 0.25) is 0 Å². The Morgan fingerprint density at radius 3 is 2.32 bits per heavy atom. The smallest absolute Gasteiger partial charge is 0.294 e. The minimum absolute atomic E-state index is 0.0697. The van der Waals surface area contributed by atoms with Crippen molar-refractivity contribution in [1.82, 2.24) is 0 Å². The van der Waals surface area contributed by atoms with Gasteiger partial charge in [-0.25, -0.2) is 0 Å². The summed E-state index contributed by atoms with van der Waals surface area (Å²) in [6.45, 7) is 0.234. The molecule has 1 unspecified atom stereocenters. The number of aryl methyl sites for hydroxylation is 1. The van der Waals surface area contributed by atoms with Crippen molar-refractivity contribution < 1.29 is 19.8 Å². The predicted molar refractivity (Wildman–Crippen MR) is 112 cm³/mol. The van der Waals surface area contributed by atoms with Gasteiger partial charge in [0.15, 0.2) is 0 Å². The summed E-state index contributed by atoms with van der Waals surface area (Å²) < 4.78 is 0. The Morgan fingerprint density at radius 1 is 1.06 bits per heavy atom. The van der Waals surface area contributed by atoms with E-state index in [0.717, 1.165) is 17.4 Å². The molecule has 9 heteroatoms. The topological polar surface area (TPSA) is 131 Å². The van der Waals surface area contributed by atoms with E-state index < -0.39 is 22.9 Å². The van der Waals surface area contributed by atoms with Gasteiger partial charge in [-0.3, -0.25) is 0 Å². The molecule has 0 aromatic heterocycles. The number of rotatable bonds is 11. The zero-order valence-electron chi connectivity index (χ0n) is 17.7. The van der Waals surface area contributed by atoms with Gasteiger partial charge < -0.3 is 15.4 Å². The van der Waals surface area contributed by atoms with Gasteiger partial charge in [0.1, 0.15) is 12.7 Å². The van der Waals surface area contributed by atoms with Crippen molar-refractivity contribution >= 4 is 0 Å². The van der Waals surface area contributed by atoms with Gasteiger partial charge in [-0.15, -0.1) is 20.2 Å². The fourth-order valence-electron chi connectivity index (χ4n) is 6.93. The quantitative estimate of drug-likeness (QED) is 0.418. The van der Waals surface area contributed by atoms with Crippen LogP contribution >= 0.6 is 0 Å². The molecule has 4 bridgehead atoms. The molecule has 0 amide bonds. The molecule has 1 aromatic carbocycles. The molecule has 0 heterocycles. The summed E-state index contributed by atoms with van der Waals surface area (Å²) in [6.07, 6.45) is 7.26. The van der Waals surface area contributed by atoms with Crippen LogP contribution in [0.4, 0.5) is 0 Å². The van der Waals surface area contributed by atoms with Crippen LogP contribution in [-0.2, 0) is 21.5 Å². The monoisotopic (exact) mass is 433 g/mol. The molecule has 0 saturated heterocycles. The minimum atomic E-state index is -0.961. The molecular formula is C22H31N3O6. The third-order valence-electron chi connectivity index (χ3n) is 7.99. The van der Waals surface area contributed by atoms with E-state index >= 15 is 0 Å². The number of benzene rings is 1. The second kappa shape index (κ2) is 8.98. The van der Waals surface area contributed by atoms with Crippen LogP contribution < -0.4 is 5.73 Å². The molecule has 0 radical (unpaired) electrons. The fraction of sp³-hybridized carbons (Fsp3) is 0.727. The summed E-state index contributed by atoms with van der Waals surface area (Å²) in [7, 11) is 0. The van der Waals surface area contributed by atoms with E-state index in [0.29, 0.717) is 37.6 Å². The van der Waals surface area contributed by atoms with Crippen molar-refractivity contribution in [3.8, 4) is 0 Å². The van der Waals surface area contributed by atoms with E-state index in [-0.39, 0.29) is 5.41 Å². The van der Waals surface area contributed by atoms with E-state index in [1.807, 2.05) is 0 Å². The van der Waals surface area contributed by atoms with E-state index in [4.69, 9.17) is 5.73 Å². The van der Waals surface area contributed by atoms with Crippen LogP contribution in [0.5, 0.6) is 0 Å². The highest BCUT2D eigenvalue weighted by atomic mass is 17.0. The molecule has 1 atom stereocenters. The van der Waals surface area contributed by atoms with E-state index in [1.165, 1.54) is 37.7 Å². The van der Waals surface area contributed by atoms with Crippen molar-refractivity contribution in [1.29, 1.82) is 0 Å². The van der Waals surface area contributed by atoms with Gasteiger partial charge in [-0.2, -0.15) is 0 Å². The van der Waals surface area contributed by atoms with E-state index in [9.17, 15) is 20.2 Å². The maximum absolute atomic E-state index is 10.6. The zero-order chi connectivity index (χ0) is 22.0. The number of nitrogens with zero attached hydrogens (tertiary/aromatic N) is 2. The molecular weight excluding hydrogens is 402 g/mol. The maximum Gasteiger partial charge on any atom is 0.294 e. The highest BCUT2D eigenvalue weighted by Gasteiger charge is 2.57. The van der Waals surface area contributed by atoms with Crippen LogP contribution in [-0.4, -0.2) is 29.4 Å². The number of hydrogen-bond acceptors (Lipinski definition) is 7. The predicted octanol–water partition coefficient (Wildman–Crippen LogP) is 3.45. The third kappa shape index (κ3) is 4.46. The molecule has 4 fully saturated rings. The van der Waals surface area contributed by atoms with Crippen molar-refractivity contribution in [2.24, 2.45) is 29.4 Å². The average molecular weight is 434 g/mol. The normalized spacial score (nSPS) is 31.9. The highest BCUT2D eigenvalue weighted by Crippen LogP contribution is 2.62. The van der Waals surface area contributed by atoms with Gasteiger partial charge >= 0.3 is 0 Å². The number of nitrogens with two attached hydrogens (primary N) is 1. The molecule has 170 valence electrons. The molecule has 1 aromatic rings. The summed E-state index contributed by atoms with van der Waals surface area (Å²) in [4.78, 5) is 29.8. The average Bonchev–Trinajstić information content (AvgIpc) is 2.72. The molecule has 31 heavy (non-hydrogen) atoms. The van der Waals surface area contributed by atoms with E-state index in [1.54, 1.807) is 0 Å². The lowest BCUT2D eigenvalue weighted by Gasteiger charge is -2.61. The first kappa shape index (κ1) is 21.8. The summed E-state index contributed by atoms with van der Waals surface area (Å²) in [5, 5.41) is 19.1. The number of hydrogen-bond donors (Lipinski definition) is 1. The van der Waals surface area contributed by atoms with Crippen molar-refractivity contribution in [2.45, 2.75) is 62.9 Å². The molecule has 4 aliphatic rings. The lowest BCUT2D eigenvalue weighted by atomic mass is 9.44. The van der Waals surface area contributed by atoms with Crippen LogP contribution in [0.15, 0.2) is 24.3 Å². The summed E-state index contributed by atoms with van der Waals surface area (Å²) in [6, 6.07) is 8.66. The van der Waals surface area contributed by atoms with E-state index in [2.05, 4.69) is 33.9 Å². The van der Waals surface area contributed by atoms with Crippen molar-refractivity contribution in [3.05, 3.63) is 55.6 Å². The highest BCUT2D eigenvalue weighted by molar-refractivity contribution is 5.35. The first-order valence-corrected chi connectivity index (χ1v) is 11.3. The Morgan fingerprint density at radius 2 is 1.74 bits per heavy atom. The zero-order valence-corrected chi connectivity index (χ0v) is 17.7. The Balaban J connectivity index is 1.42. The molecule has 4 aliphatic carbocycles. The van der Waals surface area contributed by atoms with Crippen LogP contribution in [0, 0.1) is 43.9 Å². The van der Waals surface area contributed by atoms with Crippen LogP contribution in [0.2, 0.25) is 0 Å². The molecule has 9 nitrogen and oxygen atoms in total. The van der Waals surface area contributed by atoms with Gasteiger partial charge in [-0.1, -0.05) is 24.3 Å². The van der Waals surface area contributed by atoms with Crippen molar-refractivity contribution in [2.75, 3.05) is 13.2 Å². The first-order chi connectivity index (χ1) is 14.9. The Bertz CT molecular complexity index is 788. The standard InChI is InChI=1S/C22H31N3O6/c23-14-22(19-9-16-7-17(11-19)12-20(22)10-16)18-5-1-3-15(8-18)4-2-6-21(31-25(28)29)13-30-24(26)27/h1,3,5,8,16-17,19-21H,2,4,6-7,9-14,23H2. The second-order valence-corrected chi connectivity index (χ2v) is 9.61. The van der Waals surface area contributed by atoms with Gasteiger partial charge in [-0.05, 0) is 86.2 Å². The Kier molecular flexibility index (Phi) is 6.31. The SMILES string of the molecule is NCC1(c2cccc(CCCC(CO[N+](=O)[O-])O[N+](=O)[O-])c2)C2CC3CC(C2)CC1C3.